The van der Waals surface area contributed by atoms with E-state index in [-0.39, 0.29) is 6.10 Å². The van der Waals surface area contributed by atoms with Crippen molar-refractivity contribution in [3.63, 3.8) is 0 Å². The van der Waals surface area contributed by atoms with Gasteiger partial charge in [-0.3, -0.25) is 4.57 Å². The summed E-state index contributed by atoms with van der Waals surface area (Å²) in [6.07, 6.45) is 3.43. The molecule has 0 spiro atoms. The van der Waals surface area contributed by atoms with E-state index in [0.717, 1.165) is 29.0 Å². The summed E-state index contributed by atoms with van der Waals surface area (Å²) in [7, 11) is -3.13. The van der Waals surface area contributed by atoms with Crippen LogP contribution in [0, 0.1) is 24.7 Å². The second kappa shape index (κ2) is 8.11. The Labute approximate surface area is 158 Å². The van der Waals surface area contributed by atoms with E-state index >= 15 is 0 Å². The van der Waals surface area contributed by atoms with Gasteiger partial charge in [-0.25, -0.2) is 0 Å². The van der Waals surface area contributed by atoms with Gasteiger partial charge in [-0.1, -0.05) is 63.6 Å². The van der Waals surface area contributed by atoms with E-state index < -0.39 is 7.37 Å². The molecule has 0 unspecified atom stereocenters. The first-order valence-electron chi connectivity index (χ1n) is 9.82. The van der Waals surface area contributed by atoms with Crippen LogP contribution in [0.4, 0.5) is 0 Å². The van der Waals surface area contributed by atoms with E-state index in [1.807, 2.05) is 61.5 Å². The molecule has 140 valence electrons. The molecule has 0 heterocycles. The molecule has 1 aliphatic rings. The molecule has 3 heteroatoms. The second-order valence-corrected chi connectivity index (χ2v) is 10.5. The van der Waals surface area contributed by atoms with E-state index in [2.05, 4.69) is 20.8 Å². The number of hydrogen-bond acceptors (Lipinski definition) is 2. The molecular weight excluding hydrogens is 339 g/mol. The molecule has 1 fully saturated rings. The Hall–Kier alpha value is -1.37. The van der Waals surface area contributed by atoms with Gasteiger partial charge in [-0.2, -0.15) is 0 Å². The highest BCUT2D eigenvalue weighted by Crippen LogP contribution is 2.50. The minimum atomic E-state index is -3.13. The van der Waals surface area contributed by atoms with Crippen LogP contribution in [0.3, 0.4) is 0 Å². The summed E-state index contributed by atoms with van der Waals surface area (Å²) in [5.74, 6) is 1.62. The maximum absolute atomic E-state index is 14.4. The standard InChI is InChI=1S/C23H31O2P/c1-17(2)21-15-14-18(3)16-22(21)25-26(24,20-11-6-5-7-12-20)23-13-9-8-10-19(23)4/h5-13,17-18,21-22H,14-16H2,1-4H3/t18-,21+,22-,26+/m1/s1. The van der Waals surface area contributed by atoms with Crippen LogP contribution in [0.2, 0.25) is 0 Å². The van der Waals surface area contributed by atoms with E-state index in [0.29, 0.717) is 17.8 Å². The molecule has 2 nitrogen and oxygen atoms in total. The number of aryl methyl sites for hydroxylation is 1. The molecule has 1 saturated carbocycles. The van der Waals surface area contributed by atoms with Gasteiger partial charge in [-0.15, -0.1) is 0 Å². The molecule has 3 rings (SSSR count). The van der Waals surface area contributed by atoms with Gasteiger partial charge in [-0.05, 0) is 61.3 Å². The minimum absolute atomic E-state index is 0.0457. The summed E-state index contributed by atoms with van der Waals surface area (Å²) in [5.41, 5.74) is 1.03. The molecule has 0 aromatic heterocycles. The molecule has 0 saturated heterocycles. The van der Waals surface area contributed by atoms with Crippen LogP contribution in [0.15, 0.2) is 54.6 Å². The molecule has 0 bridgehead atoms. The van der Waals surface area contributed by atoms with Crippen LogP contribution in [-0.4, -0.2) is 6.10 Å². The average Bonchev–Trinajstić information content (AvgIpc) is 2.62. The lowest BCUT2D eigenvalue weighted by Gasteiger charge is -2.39. The van der Waals surface area contributed by atoms with Crippen molar-refractivity contribution in [2.75, 3.05) is 0 Å². The summed E-state index contributed by atoms with van der Waals surface area (Å²) in [4.78, 5) is 0. The molecule has 0 N–H and O–H groups in total. The number of hydrogen-bond donors (Lipinski definition) is 0. The second-order valence-electron chi connectivity index (χ2n) is 8.14. The first-order valence-corrected chi connectivity index (χ1v) is 11.4. The third-order valence-corrected chi connectivity index (χ3v) is 8.46. The predicted molar refractivity (Wildman–Crippen MR) is 111 cm³/mol. The Morgan fingerprint density at radius 3 is 2.31 bits per heavy atom. The third kappa shape index (κ3) is 3.97. The molecule has 26 heavy (non-hydrogen) atoms. The maximum Gasteiger partial charge on any atom is 0.261 e. The van der Waals surface area contributed by atoms with Crippen molar-refractivity contribution in [2.24, 2.45) is 17.8 Å². The summed E-state index contributed by atoms with van der Waals surface area (Å²) < 4.78 is 21.0. The fourth-order valence-electron chi connectivity index (χ4n) is 4.20. The zero-order valence-corrected chi connectivity index (χ0v) is 17.3. The Balaban J connectivity index is 2.04. The number of rotatable bonds is 5. The monoisotopic (exact) mass is 370 g/mol. The van der Waals surface area contributed by atoms with Crippen LogP contribution in [0.1, 0.15) is 45.6 Å². The molecular formula is C23H31O2P. The van der Waals surface area contributed by atoms with Crippen molar-refractivity contribution in [2.45, 2.75) is 53.1 Å². The van der Waals surface area contributed by atoms with E-state index in [1.165, 1.54) is 6.42 Å². The molecule has 1 aliphatic carbocycles. The molecule has 4 atom stereocenters. The van der Waals surface area contributed by atoms with E-state index in [4.69, 9.17) is 4.52 Å². The highest BCUT2D eigenvalue weighted by atomic mass is 31.2. The molecule has 0 amide bonds. The van der Waals surface area contributed by atoms with Crippen molar-refractivity contribution in [3.05, 3.63) is 60.2 Å². The fraction of sp³-hybridized carbons (Fsp3) is 0.478. The molecule has 0 aliphatic heterocycles. The van der Waals surface area contributed by atoms with Crippen molar-refractivity contribution in [1.29, 1.82) is 0 Å². The predicted octanol–water partition coefficient (Wildman–Crippen LogP) is 5.70. The fourth-order valence-corrected chi connectivity index (χ4v) is 6.72. The first-order chi connectivity index (χ1) is 12.4. The quantitative estimate of drug-likeness (QED) is 0.631. The minimum Gasteiger partial charge on any atom is -0.318 e. The Morgan fingerprint density at radius 1 is 1.00 bits per heavy atom. The van der Waals surface area contributed by atoms with Gasteiger partial charge in [0, 0.05) is 10.6 Å². The molecule has 2 aromatic carbocycles. The van der Waals surface area contributed by atoms with Crippen molar-refractivity contribution < 1.29 is 9.09 Å². The smallest absolute Gasteiger partial charge is 0.261 e. The Morgan fingerprint density at radius 2 is 1.65 bits per heavy atom. The summed E-state index contributed by atoms with van der Waals surface area (Å²) in [6, 6.07) is 17.7. The lowest BCUT2D eigenvalue weighted by Crippen LogP contribution is -2.36. The summed E-state index contributed by atoms with van der Waals surface area (Å²) in [6.45, 7) is 8.84. The van der Waals surface area contributed by atoms with Crippen LogP contribution in [-0.2, 0) is 9.09 Å². The van der Waals surface area contributed by atoms with Crippen LogP contribution in [0.25, 0.3) is 0 Å². The third-order valence-electron chi connectivity index (χ3n) is 5.77. The van der Waals surface area contributed by atoms with E-state index in [9.17, 15) is 4.57 Å². The number of benzene rings is 2. The van der Waals surface area contributed by atoms with Gasteiger partial charge in [0.25, 0.3) is 7.37 Å². The highest BCUT2D eigenvalue weighted by Gasteiger charge is 2.39. The molecule has 2 aromatic rings. The van der Waals surface area contributed by atoms with Crippen LogP contribution >= 0.6 is 7.37 Å². The van der Waals surface area contributed by atoms with Gasteiger partial charge in [0.05, 0.1) is 6.10 Å². The van der Waals surface area contributed by atoms with Crippen molar-refractivity contribution in [1.82, 2.24) is 0 Å². The van der Waals surface area contributed by atoms with Crippen LogP contribution in [0.5, 0.6) is 0 Å². The van der Waals surface area contributed by atoms with Gasteiger partial charge in [0.15, 0.2) is 0 Å². The Bertz CT molecular complexity index is 769. The normalized spacial score (nSPS) is 25.8. The zero-order valence-electron chi connectivity index (χ0n) is 16.4. The largest absolute Gasteiger partial charge is 0.318 e. The maximum atomic E-state index is 14.4. The van der Waals surface area contributed by atoms with Crippen molar-refractivity contribution in [3.8, 4) is 0 Å². The zero-order chi connectivity index (χ0) is 18.7. The van der Waals surface area contributed by atoms with Gasteiger partial charge < -0.3 is 4.52 Å². The average molecular weight is 370 g/mol. The van der Waals surface area contributed by atoms with Gasteiger partial charge in [0.1, 0.15) is 0 Å². The SMILES string of the molecule is Cc1ccccc1[P@@](=O)(O[C@@H]1C[C@H](C)CC[C@H]1C(C)C)c1ccccc1. The van der Waals surface area contributed by atoms with Crippen molar-refractivity contribution >= 4 is 18.0 Å². The topological polar surface area (TPSA) is 26.3 Å². The summed E-state index contributed by atoms with van der Waals surface area (Å²) >= 11 is 0. The van der Waals surface area contributed by atoms with Crippen LogP contribution < -0.4 is 10.6 Å². The Kier molecular flexibility index (Phi) is 6.05. The van der Waals surface area contributed by atoms with Gasteiger partial charge in [0.2, 0.25) is 0 Å². The van der Waals surface area contributed by atoms with E-state index in [1.54, 1.807) is 0 Å². The highest BCUT2D eigenvalue weighted by molar-refractivity contribution is 7.74. The first kappa shape index (κ1) is 19.4. The van der Waals surface area contributed by atoms with Gasteiger partial charge >= 0.3 is 0 Å². The molecule has 0 radical (unpaired) electrons. The summed E-state index contributed by atoms with van der Waals surface area (Å²) in [5, 5.41) is 1.64. The lowest BCUT2D eigenvalue weighted by atomic mass is 9.75. The lowest BCUT2D eigenvalue weighted by molar-refractivity contribution is 0.0514.